The van der Waals surface area contributed by atoms with Crippen LogP contribution >= 0.6 is 0 Å². The van der Waals surface area contributed by atoms with Crippen LogP contribution in [-0.2, 0) is 14.3 Å². The summed E-state index contributed by atoms with van der Waals surface area (Å²) >= 11 is 0. The molecule has 0 fully saturated rings. The highest BCUT2D eigenvalue weighted by Crippen LogP contribution is 2.15. The summed E-state index contributed by atoms with van der Waals surface area (Å²) in [6, 6.07) is 5.10. The van der Waals surface area contributed by atoms with E-state index in [2.05, 4.69) is 34.3 Å². The highest BCUT2D eigenvalue weighted by molar-refractivity contribution is 5.97. The lowest BCUT2D eigenvalue weighted by Crippen LogP contribution is -2.62. The Labute approximate surface area is 200 Å². The Balaban J connectivity index is 2.92. The van der Waals surface area contributed by atoms with Gasteiger partial charge in [0.1, 0.15) is 11.6 Å². The van der Waals surface area contributed by atoms with E-state index in [0.29, 0.717) is 5.56 Å². The van der Waals surface area contributed by atoms with Gasteiger partial charge < -0.3 is 30.3 Å². The number of carbonyl (C=O) groups excluding carboxylic acids is 3. The second-order valence-electron chi connectivity index (χ2n) is 8.95. The molecule has 0 saturated heterocycles. The number of aliphatic hydroxyl groups excluding tert-OH is 2. The molecule has 1 rings (SSSR count). The molecule has 1 aromatic rings. The zero-order valence-corrected chi connectivity index (χ0v) is 20.3. The van der Waals surface area contributed by atoms with E-state index in [1.54, 1.807) is 46.8 Å². The summed E-state index contributed by atoms with van der Waals surface area (Å²) in [6.07, 6.45) is -1.52. The highest BCUT2D eigenvalue weighted by Gasteiger charge is 2.39. The Morgan fingerprint density at radius 2 is 1.68 bits per heavy atom. The van der Waals surface area contributed by atoms with Crippen LogP contribution in [-0.4, -0.2) is 65.2 Å². The molecular weight excluding hydrogens is 440 g/mol. The van der Waals surface area contributed by atoms with Gasteiger partial charge in [0, 0.05) is 17.5 Å². The number of amides is 2. The number of aliphatic hydroxyl groups is 2. The van der Waals surface area contributed by atoms with Crippen molar-refractivity contribution in [1.29, 1.82) is 0 Å². The molecule has 0 spiro atoms. The van der Waals surface area contributed by atoms with Crippen molar-refractivity contribution in [2.24, 2.45) is 0 Å². The molecule has 0 heterocycles. The molecular formula is C25H32N2O7. The standard InChI is InChI=1S/C25H32N2O7/c1-24(2,3)34-23(32)27-25(4,5)20(22(31)33-6)26-21(30)18-14-12-17(13-15-18)10-8-7-9-11-19(29)16-28/h12-15,19-20,28-29H,11,16H2,1-6H3,(H,26,30)(H,27,32)/t19-,20-/m1/s1. The molecule has 0 aromatic heterocycles. The van der Waals surface area contributed by atoms with E-state index in [1.165, 1.54) is 19.2 Å². The van der Waals surface area contributed by atoms with Crippen molar-refractivity contribution >= 4 is 18.0 Å². The predicted octanol–water partition coefficient (Wildman–Crippen LogP) is 1.36. The average Bonchev–Trinajstić information content (AvgIpc) is 2.74. The number of hydrogen-bond acceptors (Lipinski definition) is 7. The van der Waals surface area contributed by atoms with Crippen molar-refractivity contribution < 1.29 is 34.1 Å². The van der Waals surface area contributed by atoms with Gasteiger partial charge in [0.15, 0.2) is 0 Å². The van der Waals surface area contributed by atoms with Gasteiger partial charge >= 0.3 is 12.1 Å². The van der Waals surface area contributed by atoms with Gasteiger partial charge in [-0.25, -0.2) is 9.59 Å². The number of nitrogens with one attached hydrogen (secondary N) is 2. The first kappa shape index (κ1) is 28.5. The SMILES string of the molecule is COC(=O)[C@@H](NC(=O)c1ccc(C#CC#CC[C@@H](O)CO)cc1)C(C)(C)NC(=O)OC(C)(C)C. The number of alkyl carbamates (subject to hydrolysis) is 1. The lowest BCUT2D eigenvalue weighted by Gasteiger charge is -2.34. The minimum atomic E-state index is -1.22. The van der Waals surface area contributed by atoms with E-state index in [9.17, 15) is 19.5 Å². The fraction of sp³-hybridized carbons (Fsp3) is 0.480. The number of carbonyl (C=O) groups is 3. The zero-order valence-electron chi connectivity index (χ0n) is 20.3. The summed E-state index contributed by atoms with van der Waals surface area (Å²) in [6.45, 7) is 7.90. The van der Waals surface area contributed by atoms with Gasteiger partial charge in [-0.1, -0.05) is 11.8 Å². The molecule has 2 atom stereocenters. The van der Waals surface area contributed by atoms with Crippen molar-refractivity contribution in [3.05, 3.63) is 35.4 Å². The molecule has 4 N–H and O–H groups in total. The fourth-order valence-electron chi connectivity index (χ4n) is 2.59. The Kier molecular flexibility index (Phi) is 10.6. The maximum Gasteiger partial charge on any atom is 0.408 e. The van der Waals surface area contributed by atoms with Gasteiger partial charge in [-0.05, 0) is 70.7 Å². The first-order valence-electron chi connectivity index (χ1n) is 10.6. The van der Waals surface area contributed by atoms with E-state index in [0.717, 1.165) is 0 Å². The number of rotatable bonds is 7. The molecule has 1 aromatic carbocycles. The van der Waals surface area contributed by atoms with Crippen molar-refractivity contribution in [2.45, 2.75) is 64.3 Å². The first-order valence-corrected chi connectivity index (χ1v) is 10.6. The van der Waals surface area contributed by atoms with Crippen LogP contribution < -0.4 is 10.6 Å². The smallest absolute Gasteiger partial charge is 0.408 e. The lowest BCUT2D eigenvalue weighted by atomic mass is 9.94. The largest absolute Gasteiger partial charge is 0.467 e. The summed E-state index contributed by atoms with van der Waals surface area (Å²) < 4.78 is 10.1. The summed E-state index contributed by atoms with van der Waals surface area (Å²) in [7, 11) is 1.19. The van der Waals surface area contributed by atoms with Crippen LogP contribution in [0.25, 0.3) is 0 Å². The molecule has 0 aliphatic heterocycles. The third-order valence-corrected chi connectivity index (χ3v) is 4.31. The Morgan fingerprint density at radius 3 is 2.21 bits per heavy atom. The van der Waals surface area contributed by atoms with Crippen molar-refractivity contribution in [2.75, 3.05) is 13.7 Å². The van der Waals surface area contributed by atoms with Crippen molar-refractivity contribution in [1.82, 2.24) is 10.6 Å². The third kappa shape index (κ3) is 9.95. The molecule has 0 saturated carbocycles. The summed E-state index contributed by atoms with van der Waals surface area (Å²) in [4.78, 5) is 37.4. The van der Waals surface area contributed by atoms with Gasteiger partial charge in [0.25, 0.3) is 5.91 Å². The highest BCUT2D eigenvalue weighted by atomic mass is 16.6. The third-order valence-electron chi connectivity index (χ3n) is 4.31. The number of hydrogen-bond donors (Lipinski definition) is 4. The van der Waals surface area contributed by atoms with E-state index < -0.39 is 41.3 Å². The van der Waals surface area contributed by atoms with E-state index >= 15 is 0 Å². The molecule has 0 aliphatic carbocycles. The molecule has 0 aliphatic rings. The average molecular weight is 473 g/mol. The van der Waals surface area contributed by atoms with Crippen molar-refractivity contribution in [3.8, 4) is 23.7 Å². The molecule has 9 nitrogen and oxygen atoms in total. The summed E-state index contributed by atoms with van der Waals surface area (Å²) in [5.74, 6) is 9.34. The Morgan fingerprint density at radius 1 is 1.06 bits per heavy atom. The first-order chi connectivity index (χ1) is 15.8. The second kappa shape index (κ2) is 12.6. The maximum atomic E-state index is 12.8. The molecule has 0 radical (unpaired) electrons. The van der Waals surface area contributed by atoms with Crippen LogP contribution in [0.3, 0.4) is 0 Å². The normalized spacial score (nSPS) is 12.6. The number of ether oxygens (including phenoxy) is 2. The van der Waals surface area contributed by atoms with Crippen LogP contribution in [0.1, 0.15) is 57.0 Å². The molecule has 0 bridgehead atoms. The number of methoxy groups -OCH3 is 1. The fourth-order valence-corrected chi connectivity index (χ4v) is 2.59. The Bertz CT molecular complexity index is 987. The van der Waals surface area contributed by atoms with Gasteiger partial charge in [-0.3, -0.25) is 4.79 Å². The quantitative estimate of drug-likeness (QED) is 0.348. The predicted molar refractivity (Wildman–Crippen MR) is 126 cm³/mol. The lowest BCUT2D eigenvalue weighted by molar-refractivity contribution is -0.144. The molecule has 184 valence electrons. The van der Waals surface area contributed by atoms with Crippen LogP contribution in [0, 0.1) is 23.7 Å². The van der Waals surface area contributed by atoms with E-state index in [1.807, 2.05) is 0 Å². The van der Waals surface area contributed by atoms with Crippen LogP contribution in [0.15, 0.2) is 24.3 Å². The van der Waals surface area contributed by atoms with Crippen molar-refractivity contribution in [3.63, 3.8) is 0 Å². The molecule has 9 heteroatoms. The van der Waals surface area contributed by atoms with E-state index in [-0.39, 0.29) is 18.6 Å². The molecule has 34 heavy (non-hydrogen) atoms. The second-order valence-corrected chi connectivity index (χ2v) is 8.95. The number of esters is 1. The number of benzene rings is 1. The summed E-state index contributed by atoms with van der Waals surface area (Å²) in [5.41, 5.74) is -1.09. The minimum absolute atomic E-state index is 0.116. The van der Waals surface area contributed by atoms with Gasteiger partial charge in [-0.15, -0.1) is 0 Å². The minimum Gasteiger partial charge on any atom is -0.467 e. The maximum absolute atomic E-state index is 12.8. The van der Waals surface area contributed by atoms with Crippen LogP contribution in [0.5, 0.6) is 0 Å². The topological polar surface area (TPSA) is 134 Å². The monoisotopic (exact) mass is 472 g/mol. The zero-order chi connectivity index (χ0) is 25.9. The summed E-state index contributed by atoms with van der Waals surface area (Å²) in [5, 5.41) is 23.1. The van der Waals surface area contributed by atoms with Gasteiger partial charge in [0.2, 0.25) is 0 Å². The van der Waals surface area contributed by atoms with Crippen LogP contribution in [0.4, 0.5) is 4.79 Å². The Hall–Kier alpha value is -3.53. The molecule has 2 amide bonds. The molecule has 0 unspecified atom stereocenters. The van der Waals surface area contributed by atoms with Crippen LogP contribution in [0.2, 0.25) is 0 Å². The van der Waals surface area contributed by atoms with Gasteiger partial charge in [0.05, 0.1) is 25.4 Å². The van der Waals surface area contributed by atoms with Gasteiger partial charge in [-0.2, -0.15) is 0 Å². The van der Waals surface area contributed by atoms with E-state index in [4.69, 9.17) is 14.6 Å².